The molecule has 0 radical (unpaired) electrons. The van der Waals surface area contributed by atoms with Crippen molar-refractivity contribution >= 4 is 34.9 Å². The molecule has 2 rings (SSSR count). The smallest absolute Gasteiger partial charge is 0.325 e. The quantitative estimate of drug-likeness (QED) is 0.809. The third-order valence-corrected chi connectivity index (χ3v) is 2.89. The average molecular weight is 322 g/mol. The van der Waals surface area contributed by atoms with Gasteiger partial charge in [-0.1, -0.05) is 29.8 Å². The number of rotatable bonds is 4. The first-order chi connectivity index (χ1) is 10.5. The van der Waals surface area contributed by atoms with Crippen LogP contribution in [-0.4, -0.2) is 18.5 Å². The summed E-state index contributed by atoms with van der Waals surface area (Å²) in [5.41, 5.74) is 0.646. The van der Waals surface area contributed by atoms with Crippen LogP contribution in [-0.2, 0) is 4.79 Å². The molecule has 3 amide bonds. The van der Waals surface area contributed by atoms with Crippen molar-refractivity contribution in [3.8, 4) is 0 Å². The molecule has 0 unspecified atom stereocenters. The van der Waals surface area contributed by atoms with Gasteiger partial charge >= 0.3 is 6.03 Å². The Morgan fingerprint density at radius 1 is 1.09 bits per heavy atom. The molecule has 2 aromatic rings. The number of carbonyl (C=O) groups is 2. The second-order valence-corrected chi connectivity index (χ2v) is 4.78. The number of urea groups is 1. The fourth-order valence-electron chi connectivity index (χ4n) is 1.66. The highest BCUT2D eigenvalue weighted by Crippen LogP contribution is 2.19. The van der Waals surface area contributed by atoms with E-state index < -0.39 is 17.8 Å². The Morgan fingerprint density at radius 3 is 2.55 bits per heavy atom. The maximum atomic E-state index is 13.4. The van der Waals surface area contributed by atoms with Crippen LogP contribution in [0.4, 0.5) is 20.6 Å². The molecule has 0 aliphatic rings. The standard InChI is InChI=1S/C15H13ClFN3O2/c16-10-6-7-12(17)13(8-10)18-9-14(21)20-15(22)19-11-4-2-1-3-5-11/h1-8,18H,9H2,(H2,19,20,21,22). The molecule has 0 atom stereocenters. The predicted molar refractivity (Wildman–Crippen MR) is 83.5 cm³/mol. The molecule has 0 saturated heterocycles. The largest absolute Gasteiger partial charge is 0.374 e. The molecule has 0 fully saturated rings. The number of halogens is 2. The maximum Gasteiger partial charge on any atom is 0.325 e. The van der Waals surface area contributed by atoms with Crippen LogP contribution < -0.4 is 16.0 Å². The van der Waals surface area contributed by atoms with Crippen LogP contribution in [0.5, 0.6) is 0 Å². The Hall–Kier alpha value is -2.60. The number of imide groups is 1. The van der Waals surface area contributed by atoms with Crippen molar-refractivity contribution in [1.29, 1.82) is 0 Å². The number of carbonyl (C=O) groups excluding carboxylic acids is 2. The molecule has 0 aromatic heterocycles. The van der Waals surface area contributed by atoms with Gasteiger partial charge in [0.2, 0.25) is 5.91 Å². The number of benzene rings is 2. The fourth-order valence-corrected chi connectivity index (χ4v) is 1.84. The highest BCUT2D eigenvalue weighted by molar-refractivity contribution is 6.30. The van der Waals surface area contributed by atoms with Crippen LogP contribution in [0.1, 0.15) is 0 Å². The first kappa shape index (κ1) is 15.8. The molecule has 0 bridgehead atoms. The summed E-state index contributed by atoms with van der Waals surface area (Å²) in [4.78, 5) is 23.2. The molecule has 0 aliphatic heterocycles. The Balaban J connectivity index is 1.83. The lowest BCUT2D eigenvalue weighted by Gasteiger charge is -2.09. The van der Waals surface area contributed by atoms with E-state index in [1.807, 2.05) is 0 Å². The zero-order valence-electron chi connectivity index (χ0n) is 11.4. The van der Waals surface area contributed by atoms with Crippen molar-refractivity contribution in [1.82, 2.24) is 5.32 Å². The zero-order valence-corrected chi connectivity index (χ0v) is 12.2. The summed E-state index contributed by atoms with van der Waals surface area (Å²) >= 11 is 5.74. The van der Waals surface area contributed by atoms with E-state index in [1.165, 1.54) is 18.2 Å². The van der Waals surface area contributed by atoms with Crippen molar-refractivity contribution in [3.63, 3.8) is 0 Å². The molecule has 0 saturated carbocycles. The first-order valence-electron chi connectivity index (χ1n) is 6.39. The second-order valence-electron chi connectivity index (χ2n) is 4.35. The lowest BCUT2D eigenvalue weighted by molar-refractivity contribution is -0.118. The third-order valence-electron chi connectivity index (χ3n) is 2.65. The molecule has 5 nitrogen and oxygen atoms in total. The zero-order chi connectivity index (χ0) is 15.9. The summed E-state index contributed by atoms with van der Waals surface area (Å²) < 4.78 is 13.4. The van der Waals surface area contributed by atoms with E-state index in [2.05, 4.69) is 16.0 Å². The second kappa shape index (κ2) is 7.42. The van der Waals surface area contributed by atoms with Crippen molar-refractivity contribution < 1.29 is 14.0 Å². The van der Waals surface area contributed by atoms with Gasteiger partial charge in [0.25, 0.3) is 0 Å². The van der Waals surface area contributed by atoms with Gasteiger partial charge in [-0.25, -0.2) is 9.18 Å². The summed E-state index contributed by atoms with van der Waals surface area (Å²) in [6.45, 7) is -0.264. The lowest BCUT2D eigenvalue weighted by atomic mass is 10.3. The van der Waals surface area contributed by atoms with Gasteiger partial charge in [0.05, 0.1) is 12.2 Å². The summed E-state index contributed by atoms with van der Waals surface area (Å²) in [6, 6.07) is 11.9. The molecule has 22 heavy (non-hydrogen) atoms. The molecule has 0 spiro atoms. The molecular formula is C15H13ClFN3O2. The summed E-state index contributed by atoms with van der Waals surface area (Å²) in [5, 5.41) is 7.53. The number of hydrogen-bond donors (Lipinski definition) is 3. The summed E-state index contributed by atoms with van der Waals surface area (Å²) in [7, 11) is 0. The highest BCUT2D eigenvalue weighted by atomic mass is 35.5. The van der Waals surface area contributed by atoms with Gasteiger partial charge < -0.3 is 10.6 Å². The number of anilines is 2. The Bertz CT molecular complexity index is 680. The molecule has 3 N–H and O–H groups in total. The minimum atomic E-state index is -0.662. The Morgan fingerprint density at radius 2 is 1.82 bits per heavy atom. The van der Waals surface area contributed by atoms with Crippen molar-refractivity contribution in [2.75, 3.05) is 17.2 Å². The van der Waals surface area contributed by atoms with Crippen LogP contribution in [0.2, 0.25) is 5.02 Å². The molecule has 0 heterocycles. The molecule has 114 valence electrons. The van der Waals surface area contributed by atoms with E-state index in [1.54, 1.807) is 30.3 Å². The van der Waals surface area contributed by atoms with Gasteiger partial charge in [-0.15, -0.1) is 0 Å². The van der Waals surface area contributed by atoms with E-state index in [0.717, 1.165) is 0 Å². The first-order valence-corrected chi connectivity index (χ1v) is 6.77. The number of hydrogen-bond acceptors (Lipinski definition) is 3. The van der Waals surface area contributed by atoms with Crippen LogP contribution >= 0.6 is 11.6 Å². The van der Waals surface area contributed by atoms with Crippen molar-refractivity contribution in [3.05, 3.63) is 59.4 Å². The van der Waals surface area contributed by atoms with E-state index in [4.69, 9.17) is 11.6 Å². The molecule has 2 aromatic carbocycles. The normalized spacial score (nSPS) is 9.91. The maximum absolute atomic E-state index is 13.4. The highest BCUT2D eigenvalue weighted by Gasteiger charge is 2.09. The molecule has 7 heteroatoms. The van der Waals surface area contributed by atoms with E-state index in [0.29, 0.717) is 10.7 Å². The van der Waals surface area contributed by atoms with Crippen LogP contribution in [0.3, 0.4) is 0 Å². The fraction of sp³-hybridized carbons (Fsp3) is 0.0667. The predicted octanol–water partition coefficient (Wildman–Crippen LogP) is 3.24. The third kappa shape index (κ3) is 4.75. The number of amides is 3. The van der Waals surface area contributed by atoms with E-state index in [-0.39, 0.29) is 12.2 Å². The van der Waals surface area contributed by atoms with Crippen molar-refractivity contribution in [2.45, 2.75) is 0 Å². The van der Waals surface area contributed by atoms with E-state index >= 15 is 0 Å². The van der Waals surface area contributed by atoms with Crippen molar-refractivity contribution in [2.24, 2.45) is 0 Å². The van der Waals surface area contributed by atoms with Crippen LogP contribution in [0, 0.1) is 5.82 Å². The number of para-hydroxylation sites is 1. The SMILES string of the molecule is O=C(CNc1cc(Cl)ccc1F)NC(=O)Nc1ccccc1. The molecular weight excluding hydrogens is 309 g/mol. The van der Waals surface area contributed by atoms with Gasteiger partial charge in [0.1, 0.15) is 5.82 Å². The van der Waals surface area contributed by atoms with Crippen LogP contribution in [0.15, 0.2) is 48.5 Å². The topological polar surface area (TPSA) is 70.2 Å². The minimum Gasteiger partial charge on any atom is -0.374 e. The average Bonchev–Trinajstić information content (AvgIpc) is 2.49. The summed E-state index contributed by atoms with van der Waals surface area (Å²) in [6.07, 6.45) is 0. The Labute approximate surface area is 131 Å². The molecule has 0 aliphatic carbocycles. The van der Waals surface area contributed by atoms with Gasteiger partial charge in [0, 0.05) is 10.7 Å². The number of nitrogens with one attached hydrogen (secondary N) is 3. The van der Waals surface area contributed by atoms with Crippen LogP contribution in [0.25, 0.3) is 0 Å². The summed E-state index contributed by atoms with van der Waals surface area (Å²) in [5.74, 6) is -1.14. The van der Waals surface area contributed by atoms with Gasteiger partial charge in [-0.05, 0) is 30.3 Å². The monoisotopic (exact) mass is 321 g/mol. The van der Waals surface area contributed by atoms with Gasteiger partial charge in [0.15, 0.2) is 0 Å². The van der Waals surface area contributed by atoms with Gasteiger partial charge in [-0.2, -0.15) is 0 Å². The van der Waals surface area contributed by atoms with Gasteiger partial charge in [-0.3, -0.25) is 10.1 Å². The Kier molecular flexibility index (Phi) is 5.32. The minimum absolute atomic E-state index is 0.0890. The van der Waals surface area contributed by atoms with E-state index in [9.17, 15) is 14.0 Å². The lowest BCUT2D eigenvalue weighted by Crippen LogP contribution is -2.38.